The van der Waals surface area contributed by atoms with Gasteiger partial charge in [0.25, 0.3) is 5.91 Å². The van der Waals surface area contributed by atoms with Gasteiger partial charge in [0.2, 0.25) is 0 Å². The number of nitrogens with one attached hydrogen (secondary N) is 1. The Balaban J connectivity index is 1.35. The second-order valence-electron chi connectivity index (χ2n) is 7.14. The van der Waals surface area contributed by atoms with Crippen LogP contribution in [0.5, 0.6) is 0 Å². The van der Waals surface area contributed by atoms with Gasteiger partial charge in [0.1, 0.15) is 11.6 Å². The van der Waals surface area contributed by atoms with E-state index in [2.05, 4.69) is 25.1 Å². The Labute approximate surface area is 170 Å². The number of carbonyl (C=O) groups is 1. The van der Waals surface area contributed by atoms with E-state index in [1.807, 2.05) is 30.3 Å². The Morgan fingerprint density at radius 2 is 1.89 bits per heavy atom. The van der Waals surface area contributed by atoms with Crippen LogP contribution in [0.25, 0.3) is 0 Å². The van der Waals surface area contributed by atoms with Gasteiger partial charge < -0.3 is 15.1 Å². The highest BCUT2D eigenvalue weighted by molar-refractivity contribution is 6.32. The summed E-state index contributed by atoms with van der Waals surface area (Å²) in [5.74, 6) is 1.68. The van der Waals surface area contributed by atoms with Gasteiger partial charge in [-0.1, -0.05) is 17.7 Å². The number of rotatable bonds is 4. The molecule has 0 unspecified atom stereocenters. The van der Waals surface area contributed by atoms with E-state index >= 15 is 0 Å². The molecule has 0 radical (unpaired) electrons. The third kappa shape index (κ3) is 4.28. The zero-order chi connectivity index (χ0) is 19.3. The molecule has 1 saturated heterocycles. The second-order valence-corrected chi connectivity index (χ2v) is 7.55. The molecule has 146 valence electrons. The lowest BCUT2D eigenvalue weighted by molar-refractivity contribution is -0.113. The number of amides is 1. The van der Waals surface area contributed by atoms with Crippen LogP contribution in [0.4, 0.5) is 17.3 Å². The first-order valence-electron chi connectivity index (χ1n) is 9.77. The van der Waals surface area contributed by atoms with Crippen molar-refractivity contribution in [3.05, 3.63) is 53.3 Å². The number of halogens is 1. The van der Waals surface area contributed by atoms with E-state index in [9.17, 15) is 4.79 Å². The van der Waals surface area contributed by atoms with Crippen LogP contribution in [0.3, 0.4) is 0 Å². The minimum Gasteiger partial charge on any atom is -0.357 e. The Bertz CT molecular complexity index is 861. The van der Waals surface area contributed by atoms with E-state index < -0.39 is 0 Å². The largest absolute Gasteiger partial charge is 0.357 e. The molecule has 6 nitrogen and oxygen atoms in total. The number of hydrogen-bond donors (Lipinski definition) is 1. The van der Waals surface area contributed by atoms with Crippen LogP contribution in [0.2, 0.25) is 5.02 Å². The molecule has 2 aliphatic heterocycles. The summed E-state index contributed by atoms with van der Waals surface area (Å²) < 4.78 is 0. The quantitative estimate of drug-likeness (QED) is 0.847. The summed E-state index contributed by atoms with van der Waals surface area (Å²) in [6.07, 6.45) is 9.80. The number of carbonyl (C=O) groups excluding carboxylic acids is 1. The zero-order valence-electron chi connectivity index (χ0n) is 15.8. The van der Waals surface area contributed by atoms with Crippen LogP contribution in [0.15, 0.2) is 48.3 Å². The zero-order valence-corrected chi connectivity index (χ0v) is 16.5. The van der Waals surface area contributed by atoms with Gasteiger partial charge in [-0.3, -0.25) is 4.79 Å². The second kappa shape index (κ2) is 8.61. The molecule has 0 atom stereocenters. The van der Waals surface area contributed by atoms with Crippen LogP contribution < -0.4 is 15.1 Å². The SMILES string of the molecule is O=C(Nc1ccc(N2CCCCC2)nc1)C1=CCN(c2ncccc2Cl)CC1. The standard InChI is InChI=1S/C21H24ClN5O/c22-18-5-4-10-23-20(18)27-13-8-16(9-14-27)21(28)25-17-6-7-19(24-15-17)26-11-2-1-3-12-26/h4-8,10,15H,1-3,9,11-14H2,(H,25,28). The third-order valence-electron chi connectivity index (χ3n) is 5.23. The highest BCUT2D eigenvalue weighted by Crippen LogP contribution is 2.25. The molecule has 1 fully saturated rings. The van der Waals surface area contributed by atoms with Gasteiger partial charge in [0.05, 0.1) is 16.9 Å². The van der Waals surface area contributed by atoms with Gasteiger partial charge in [-0.2, -0.15) is 0 Å². The van der Waals surface area contributed by atoms with Crippen molar-refractivity contribution < 1.29 is 4.79 Å². The maximum absolute atomic E-state index is 12.6. The highest BCUT2D eigenvalue weighted by atomic mass is 35.5. The minimum atomic E-state index is -0.0701. The summed E-state index contributed by atoms with van der Waals surface area (Å²) in [5.41, 5.74) is 1.50. The lowest BCUT2D eigenvalue weighted by Crippen LogP contribution is -2.32. The van der Waals surface area contributed by atoms with Crippen molar-refractivity contribution in [1.82, 2.24) is 9.97 Å². The lowest BCUT2D eigenvalue weighted by Gasteiger charge is -2.28. The van der Waals surface area contributed by atoms with Crippen molar-refractivity contribution in [2.24, 2.45) is 0 Å². The van der Waals surface area contributed by atoms with E-state index in [1.165, 1.54) is 19.3 Å². The van der Waals surface area contributed by atoms with Crippen molar-refractivity contribution >= 4 is 34.8 Å². The Morgan fingerprint density at radius 1 is 1.04 bits per heavy atom. The molecule has 0 aromatic carbocycles. The summed E-state index contributed by atoms with van der Waals surface area (Å²) in [5, 5.41) is 3.59. The molecule has 2 aliphatic rings. The molecule has 7 heteroatoms. The van der Waals surface area contributed by atoms with Crippen LogP contribution in [-0.4, -0.2) is 42.1 Å². The summed E-state index contributed by atoms with van der Waals surface area (Å²) in [4.78, 5) is 25.8. The predicted molar refractivity (Wildman–Crippen MR) is 113 cm³/mol. The molecule has 0 bridgehead atoms. The molecule has 0 spiro atoms. The highest BCUT2D eigenvalue weighted by Gasteiger charge is 2.20. The van der Waals surface area contributed by atoms with Crippen LogP contribution in [-0.2, 0) is 4.79 Å². The van der Waals surface area contributed by atoms with Crippen molar-refractivity contribution in [3.8, 4) is 0 Å². The number of anilines is 3. The molecule has 1 amide bonds. The third-order valence-corrected chi connectivity index (χ3v) is 5.52. The maximum Gasteiger partial charge on any atom is 0.251 e. The van der Waals surface area contributed by atoms with Crippen LogP contribution >= 0.6 is 11.6 Å². The van der Waals surface area contributed by atoms with Crippen LogP contribution in [0, 0.1) is 0 Å². The predicted octanol–water partition coefficient (Wildman–Crippen LogP) is 3.90. The number of nitrogens with zero attached hydrogens (tertiary/aromatic N) is 4. The van der Waals surface area contributed by atoms with E-state index in [4.69, 9.17) is 11.6 Å². The number of aromatic nitrogens is 2. The number of piperidine rings is 1. The number of hydrogen-bond acceptors (Lipinski definition) is 5. The first-order valence-corrected chi connectivity index (χ1v) is 10.2. The first kappa shape index (κ1) is 18.7. The summed E-state index contributed by atoms with van der Waals surface area (Å²) in [6, 6.07) is 7.56. The van der Waals surface area contributed by atoms with Gasteiger partial charge in [-0.25, -0.2) is 9.97 Å². The smallest absolute Gasteiger partial charge is 0.251 e. The molecule has 0 aliphatic carbocycles. The fourth-order valence-electron chi connectivity index (χ4n) is 3.66. The van der Waals surface area contributed by atoms with Crippen molar-refractivity contribution in [1.29, 1.82) is 0 Å². The van der Waals surface area contributed by atoms with E-state index in [0.29, 0.717) is 24.5 Å². The molecular weight excluding hydrogens is 374 g/mol. The van der Waals surface area contributed by atoms with Gasteiger partial charge >= 0.3 is 0 Å². The first-order chi connectivity index (χ1) is 13.7. The normalized spacial score (nSPS) is 17.2. The van der Waals surface area contributed by atoms with Gasteiger partial charge in [0, 0.05) is 37.9 Å². The summed E-state index contributed by atoms with van der Waals surface area (Å²) in [7, 11) is 0. The Morgan fingerprint density at radius 3 is 2.57 bits per heavy atom. The van der Waals surface area contributed by atoms with Crippen molar-refractivity contribution in [2.75, 3.05) is 41.3 Å². The van der Waals surface area contributed by atoms with Gasteiger partial charge in [-0.05, 0) is 49.9 Å². The molecule has 4 heterocycles. The van der Waals surface area contributed by atoms with Crippen molar-refractivity contribution in [2.45, 2.75) is 25.7 Å². The topological polar surface area (TPSA) is 61.4 Å². The Hall–Kier alpha value is -2.60. The molecular formula is C21H24ClN5O. The minimum absolute atomic E-state index is 0.0701. The lowest BCUT2D eigenvalue weighted by atomic mass is 10.1. The maximum atomic E-state index is 12.6. The molecule has 0 saturated carbocycles. The van der Waals surface area contributed by atoms with Gasteiger partial charge in [-0.15, -0.1) is 0 Å². The average Bonchev–Trinajstić information content (AvgIpc) is 2.75. The molecule has 2 aromatic heterocycles. The molecule has 28 heavy (non-hydrogen) atoms. The molecule has 4 rings (SSSR count). The fourth-order valence-corrected chi connectivity index (χ4v) is 3.90. The monoisotopic (exact) mass is 397 g/mol. The van der Waals surface area contributed by atoms with Gasteiger partial charge in [0.15, 0.2) is 0 Å². The fraction of sp³-hybridized carbons (Fsp3) is 0.381. The summed E-state index contributed by atoms with van der Waals surface area (Å²) >= 11 is 6.22. The van der Waals surface area contributed by atoms with E-state index in [0.717, 1.165) is 36.0 Å². The van der Waals surface area contributed by atoms with E-state index in [1.54, 1.807) is 12.4 Å². The van der Waals surface area contributed by atoms with Crippen molar-refractivity contribution in [3.63, 3.8) is 0 Å². The summed E-state index contributed by atoms with van der Waals surface area (Å²) in [6.45, 7) is 3.44. The molecule has 1 N–H and O–H groups in total. The van der Waals surface area contributed by atoms with Crippen LogP contribution in [0.1, 0.15) is 25.7 Å². The Kier molecular flexibility index (Phi) is 5.76. The number of pyridine rings is 2. The molecule has 2 aromatic rings. The average molecular weight is 398 g/mol. The van der Waals surface area contributed by atoms with E-state index in [-0.39, 0.29) is 5.91 Å².